The van der Waals surface area contributed by atoms with E-state index in [2.05, 4.69) is 30.7 Å². The average molecular weight is 219 g/mol. The summed E-state index contributed by atoms with van der Waals surface area (Å²) in [6.07, 6.45) is 0. The molecule has 16 heavy (non-hydrogen) atoms. The van der Waals surface area contributed by atoms with E-state index in [1.54, 1.807) is 0 Å². The van der Waals surface area contributed by atoms with E-state index in [1.165, 1.54) is 0 Å². The van der Waals surface area contributed by atoms with Gasteiger partial charge in [0.2, 0.25) is 0 Å². The van der Waals surface area contributed by atoms with E-state index in [4.69, 9.17) is 5.73 Å². The highest BCUT2D eigenvalue weighted by Gasteiger charge is 2.07. The van der Waals surface area contributed by atoms with Gasteiger partial charge in [-0.3, -0.25) is 0 Å². The van der Waals surface area contributed by atoms with E-state index in [0.717, 1.165) is 18.8 Å². The Balaban J connectivity index is 2.74. The summed E-state index contributed by atoms with van der Waals surface area (Å²) < 4.78 is 0. The fourth-order valence-electron chi connectivity index (χ4n) is 1.53. The van der Waals surface area contributed by atoms with Gasteiger partial charge in [0.05, 0.1) is 5.69 Å². The average Bonchev–Trinajstić information content (AvgIpc) is 2.26. The van der Waals surface area contributed by atoms with Crippen molar-refractivity contribution >= 4 is 11.6 Å². The van der Waals surface area contributed by atoms with Crippen LogP contribution in [-0.4, -0.2) is 23.9 Å². The van der Waals surface area contributed by atoms with Crippen molar-refractivity contribution in [2.24, 2.45) is 16.6 Å². The Hall–Kier alpha value is -1.51. The number of aliphatic imine (C=N–C) groups is 1. The second kappa shape index (κ2) is 6.16. The van der Waals surface area contributed by atoms with Gasteiger partial charge >= 0.3 is 0 Å². The quantitative estimate of drug-likeness (QED) is 0.624. The molecule has 3 nitrogen and oxygen atoms in total. The molecule has 0 bridgehead atoms. The van der Waals surface area contributed by atoms with Crippen LogP contribution < -0.4 is 5.73 Å². The fourth-order valence-corrected chi connectivity index (χ4v) is 1.53. The molecule has 1 rings (SSSR count). The van der Waals surface area contributed by atoms with Crippen LogP contribution in [0, 0.1) is 5.92 Å². The molecule has 0 heterocycles. The monoisotopic (exact) mass is 219 g/mol. The van der Waals surface area contributed by atoms with Crippen molar-refractivity contribution in [3.63, 3.8) is 0 Å². The largest absolute Gasteiger partial charge is 0.369 e. The Morgan fingerprint density at radius 2 is 1.94 bits per heavy atom. The summed E-state index contributed by atoms with van der Waals surface area (Å²) in [5, 5.41) is 0. The van der Waals surface area contributed by atoms with Crippen molar-refractivity contribution in [1.82, 2.24) is 4.90 Å². The molecule has 0 fully saturated rings. The molecule has 2 N–H and O–H groups in total. The minimum Gasteiger partial charge on any atom is -0.369 e. The molecule has 1 aromatic carbocycles. The number of nitrogens with two attached hydrogens (primary N) is 1. The summed E-state index contributed by atoms with van der Waals surface area (Å²) >= 11 is 0. The van der Waals surface area contributed by atoms with Crippen molar-refractivity contribution in [3.05, 3.63) is 30.3 Å². The molecule has 3 heteroatoms. The Morgan fingerprint density at radius 3 is 2.44 bits per heavy atom. The van der Waals surface area contributed by atoms with Crippen molar-refractivity contribution in [1.29, 1.82) is 0 Å². The van der Waals surface area contributed by atoms with Gasteiger partial charge in [0, 0.05) is 13.1 Å². The third kappa shape index (κ3) is 3.93. The molecule has 0 amide bonds. The van der Waals surface area contributed by atoms with Crippen molar-refractivity contribution in [2.75, 3.05) is 13.1 Å². The molecule has 0 spiro atoms. The number of hydrogen-bond acceptors (Lipinski definition) is 1. The maximum absolute atomic E-state index is 5.98. The van der Waals surface area contributed by atoms with Crippen LogP contribution in [0.4, 0.5) is 5.69 Å². The molecule has 1 aromatic rings. The zero-order chi connectivity index (χ0) is 12.0. The van der Waals surface area contributed by atoms with Crippen LogP contribution in [0.3, 0.4) is 0 Å². The van der Waals surface area contributed by atoms with E-state index >= 15 is 0 Å². The maximum atomic E-state index is 5.98. The van der Waals surface area contributed by atoms with Gasteiger partial charge in [0.1, 0.15) is 0 Å². The van der Waals surface area contributed by atoms with Gasteiger partial charge in [-0.15, -0.1) is 0 Å². The molecular formula is C13H21N3. The lowest BCUT2D eigenvalue weighted by Gasteiger charge is -2.23. The number of para-hydroxylation sites is 1. The Labute approximate surface area is 98.0 Å². The van der Waals surface area contributed by atoms with Gasteiger partial charge in [0.25, 0.3) is 0 Å². The van der Waals surface area contributed by atoms with E-state index in [9.17, 15) is 0 Å². The minimum atomic E-state index is 0.587. The fraction of sp³-hybridized carbons (Fsp3) is 0.462. The second-order valence-corrected chi connectivity index (χ2v) is 4.24. The van der Waals surface area contributed by atoms with Gasteiger partial charge < -0.3 is 10.6 Å². The predicted octanol–water partition coefficient (Wildman–Crippen LogP) is 2.61. The first kappa shape index (κ1) is 12.6. The third-order valence-corrected chi connectivity index (χ3v) is 2.29. The first-order valence-electron chi connectivity index (χ1n) is 5.77. The smallest absolute Gasteiger partial charge is 0.196 e. The number of benzene rings is 1. The first-order chi connectivity index (χ1) is 7.63. The zero-order valence-corrected chi connectivity index (χ0v) is 10.4. The topological polar surface area (TPSA) is 41.6 Å². The third-order valence-electron chi connectivity index (χ3n) is 2.29. The van der Waals surface area contributed by atoms with E-state index in [-0.39, 0.29) is 0 Å². The van der Waals surface area contributed by atoms with Gasteiger partial charge in [-0.1, -0.05) is 32.0 Å². The van der Waals surface area contributed by atoms with Gasteiger partial charge in [-0.05, 0) is 25.0 Å². The van der Waals surface area contributed by atoms with Gasteiger partial charge in [-0.2, -0.15) is 0 Å². The Morgan fingerprint density at radius 1 is 1.31 bits per heavy atom. The van der Waals surface area contributed by atoms with Crippen molar-refractivity contribution < 1.29 is 0 Å². The highest BCUT2D eigenvalue weighted by atomic mass is 15.2. The molecule has 0 aliphatic heterocycles. The number of rotatable bonds is 4. The van der Waals surface area contributed by atoms with Crippen molar-refractivity contribution in [3.8, 4) is 0 Å². The first-order valence-corrected chi connectivity index (χ1v) is 5.77. The van der Waals surface area contributed by atoms with Crippen LogP contribution >= 0.6 is 0 Å². The standard InChI is InChI=1S/C13H21N3/c1-4-16(10-11(2)3)13(14)15-12-8-6-5-7-9-12/h5-9,11H,4,10H2,1-3H3,(H2,14,15). The molecule has 0 unspecified atom stereocenters. The molecule has 0 aromatic heterocycles. The Kier molecular flexibility index (Phi) is 4.83. The number of nitrogens with zero attached hydrogens (tertiary/aromatic N) is 2. The van der Waals surface area contributed by atoms with Crippen LogP contribution in [0.2, 0.25) is 0 Å². The molecular weight excluding hydrogens is 198 g/mol. The highest BCUT2D eigenvalue weighted by Crippen LogP contribution is 2.10. The van der Waals surface area contributed by atoms with Gasteiger partial charge in [0.15, 0.2) is 5.96 Å². The number of hydrogen-bond donors (Lipinski definition) is 1. The molecule has 0 aliphatic rings. The minimum absolute atomic E-state index is 0.587. The predicted molar refractivity (Wildman–Crippen MR) is 69.8 cm³/mol. The summed E-state index contributed by atoms with van der Waals surface area (Å²) in [4.78, 5) is 6.50. The van der Waals surface area contributed by atoms with E-state index in [0.29, 0.717) is 11.9 Å². The van der Waals surface area contributed by atoms with E-state index in [1.807, 2.05) is 30.3 Å². The molecule has 0 radical (unpaired) electrons. The molecule has 0 atom stereocenters. The summed E-state index contributed by atoms with van der Waals surface area (Å²) in [5.74, 6) is 1.19. The summed E-state index contributed by atoms with van der Waals surface area (Å²) in [6, 6.07) is 9.81. The Bertz CT molecular complexity index is 330. The SMILES string of the molecule is CCN(CC(C)C)C(N)=Nc1ccccc1. The van der Waals surface area contributed by atoms with Crippen molar-refractivity contribution in [2.45, 2.75) is 20.8 Å². The molecule has 88 valence electrons. The molecule has 0 saturated carbocycles. The summed E-state index contributed by atoms with van der Waals surface area (Å²) in [7, 11) is 0. The van der Waals surface area contributed by atoms with Crippen LogP contribution in [0.25, 0.3) is 0 Å². The van der Waals surface area contributed by atoms with Gasteiger partial charge in [-0.25, -0.2) is 4.99 Å². The van der Waals surface area contributed by atoms with E-state index < -0.39 is 0 Å². The summed E-state index contributed by atoms with van der Waals surface area (Å²) in [5.41, 5.74) is 6.89. The van der Waals surface area contributed by atoms with Crippen LogP contribution in [0.5, 0.6) is 0 Å². The lowest BCUT2D eigenvalue weighted by molar-refractivity contribution is 0.378. The normalized spacial score (nSPS) is 11.9. The second-order valence-electron chi connectivity index (χ2n) is 4.24. The van der Waals surface area contributed by atoms with Crippen LogP contribution in [0.15, 0.2) is 35.3 Å². The number of guanidine groups is 1. The van der Waals surface area contributed by atoms with Crippen LogP contribution in [-0.2, 0) is 0 Å². The highest BCUT2D eigenvalue weighted by molar-refractivity contribution is 5.81. The molecule has 0 saturated heterocycles. The maximum Gasteiger partial charge on any atom is 0.196 e. The zero-order valence-electron chi connectivity index (χ0n) is 10.4. The van der Waals surface area contributed by atoms with Crippen LogP contribution in [0.1, 0.15) is 20.8 Å². The lowest BCUT2D eigenvalue weighted by Crippen LogP contribution is -2.39. The lowest BCUT2D eigenvalue weighted by atomic mass is 10.2. The molecule has 0 aliphatic carbocycles. The summed E-state index contributed by atoms with van der Waals surface area (Å²) in [6.45, 7) is 8.28.